The molecule has 0 aliphatic rings. The molecule has 180 valence electrons. The Morgan fingerprint density at radius 2 is 1.94 bits per heavy atom. The molecule has 1 aromatic heterocycles. The Kier molecular flexibility index (Phi) is 7.39. The van der Waals surface area contributed by atoms with Crippen molar-refractivity contribution in [2.24, 2.45) is 7.05 Å². The number of carbonyl (C=O) groups is 1. The van der Waals surface area contributed by atoms with E-state index in [2.05, 4.69) is 15.6 Å². The summed E-state index contributed by atoms with van der Waals surface area (Å²) >= 11 is 0. The molecule has 0 aliphatic heterocycles. The summed E-state index contributed by atoms with van der Waals surface area (Å²) in [5, 5.41) is 16.8. The molecular weight excluding hydrogens is 455 g/mol. The molecule has 2 aromatic carbocycles. The number of hydrogen-bond donors (Lipinski definition) is 2. The van der Waals surface area contributed by atoms with Gasteiger partial charge in [-0.3, -0.25) is 14.9 Å². The number of benzene rings is 2. The van der Waals surface area contributed by atoms with Gasteiger partial charge in [0.2, 0.25) is 5.91 Å². The van der Waals surface area contributed by atoms with E-state index in [1.54, 1.807) is 55.4 Å². The van der Waals surface area contributed by atoms with Crippen LogP contribution < -0.4 is 15.4 Å². The first kappa shape index (κ1) is 24.6. The van der Waals surface area contributed by atoms with Gasteiger partial charge in [0.05, 0.1) is 17.6 Å². The highest BCUT2D eigenvalue weighted by Gasteiger charge is 2.33. The molecule has 2 N–H and O–H groups in total. The number of nitro groups is 1. The van der Waals surface area contributed by atoms with Crippen LogP contribution in [0.3, 0.4) is 0 Å². The lowest BCUT2D eigenvalue weighted by Gasteiger charge is -2.19. The van der Waals surface area contributed by atoms with Gasteiger partial charge in [-0.2, -0.15) is 13.2 Å². The number of ether oxygens (including phenoxy) is 1. The molecular formula is C22H22F3N5O4. The monoisotopic (exact) mass is 477 g/mol. The minimum Gasteiger partial charge on any atom is -0.497 e. The Bertz CT molecular complexity index is 1160. The Morgan fingerprint density at radius 1 is 1.24 bits per heavy atom. The van der Waals surface area contributed by atoms with Crippen LogP contribution in [-0.4, -0.2) is 34.0 Å². The van der Waals surface area contributed by atoms with Crippen LogP contribution in [-0.2, 0) is 18.0 Å². The minimum atomic E-state index is -4.70. The number of alkyl halides is 3. The first-order valence-corrected chi connectivity index (χ1v) is 10.1. The van der Waals surface area contributed by atoms with Gasteiger partial charge in [-0.25, -0.2) is 4.98 Å². The van der Waals surface area contributed by atoms with Crippen LogP contribution in [0, 0.1) is 10.1 Å². The van der Waals surface area contributed by atoms with E-state index >= 15 is 0 Å². The maximum Gasteiger partial charge on any atom is 0.416 e. The van der Waals surface area contributed by atoms with Gasteiger partial charge in [-0.15, -0.1) is 0 Å². The zero-order valence-corrected chi connectivity index (χ0v) is 18.3. The minimum absolute atomic E-state index is 0.0338. The van der Waals surface area contributed by atoms with Crippen LogP contribution in [0.4, 0.5) is 24.5 Å². The van der Waals surface area contributed by atoms with E-state index < -0.39 is 28.4 Å². The second-order valence-corrected chi connectivity index (χ2v) is 7.33. The molecule has 0 saturated heterocycles. The number of rotatable bonds is 9. The molecule has 3 rings (SSSR count). The summed E-state index contributed by atoms with van der Waals surface area (Å²) in [5.41, 5.74) is -1.20. The highest BCUT2D eigenvalue weighted by molar-refractivity contribution is 5.77. The number of hydrogen-bond acceptors (Lipinski definition) is 6. The summed E-state index contributed by atoms with van der Waals surface area (Å²) in [5.74, 6) is 0.853. The third-order valence-corrected chi connectivity index (χ3v) is 5.06. The average Bonchev–Trinajstić information content (AvgIpc) is 3.22. The van der Waals surface area contributed by atoms with Crippen molar-refractivity contribution in [3.63, 3.8) is 0 Å². The van der Waals surface area contributed by atoms with Crippen molar-refractivity contribution >= 4 is 17.3 Å². The van der Waals surface area contributed by atoms with E-state index in [9.17, 15) is 28.1 Å². The topological polar surface area (TPSA) is 111 Å². The van der Waals surface area contributed by atoms with E-state index in [1.165, 1.54) is 0 Å². The molecule has 1 unspecified atom stereocenters. The van der Waals surface area contributed by atoms with Crippen LogP contribution in [0.5, 0.6) is 5.75 Å². The van der Waals surface area contributed by atoms with Crippen LogP contribution in [0.25, 0.3) is 0 Å². The van der Waals surface area contributed by atoms with Gasteiger partial charge in [0.25, 0.3) is 5.69 Å². The van der Waals surface area contributed by atoms with E-state index in [1.807, 2.05) is 0 Å². The van der Waals surface area contributed by atoms with Crippen LogP contribution >= 0.6 is 0 Å². The predicted molar refractivity (Wildman–Crippen MR) is 117 cm³/mol. The number of nitro benzene ring substituents is 1. The van der Waals surface area contributed by atoms with Gasteiger partial charge in [0.1, 0.15) is 23.3 Å². The fourth-order valence-corrected chi connectivity index (χ4v) is 3.30. The van der Waals surface area contributed by atoms with Gasteiger partial charge in [-0.1, -0.05) is 12.1 Å². The van der Waals surface area contributed by atoms with Crippen molar-refractivity contribution in [1.82, 2.24) is 14.9 Å². The van der Waals surface area contributed by atoms with E-state index in [4.69, 9.17) is 4.74 Å². The fourth-order valence-electron chi connectivity index (χ4n) is 3.30. The van der Waals surface area contributed by atoms with Crippen molar-refractivity contribution < 1.29 is 27.6 Å². The molecule has 1 heterocycles. The van der Waals surface area contributed by atoms with Gasteiger partial charge in [0.15, 0.2) is 0 Å². The number of imidazole rings is 1. The summed E-state index contributed by atoms with van der Waals surface area (Å²) < 4.78 is 45.5. The number of amides is 1. The predicted octanol–water partition coefficient (Wildman–Crippen LogP) is 4.06. The third kappa shape index (κ3) is 5.82. The second kappa shape index (κ2) is 10.2. The first-order valence-electron chi connectivity index (χ1n) is 10.1. The Balaban J connectivity index is 1.70. The number of aryl methyl sites for hydroxylation is 1. The van der Waals surface area contributed by atoms with Crippen molar-refractivity contribution in [3.8, 4) is 5.75 Å². The maximum atomic E-state index is 12.9. The molecule has 0 bridgehead atoms. The van der Waals surface area contributed by atoms with Crippen LogP contribution in [0.15, 0.2) is 54.9 Å². The van der Waals surface area contributed by atoms with Crippen molar-refractivity contribution in [2.45, 2.75) is 18.6 Å². The Hall–Kier alpha value is -4.09. The summed E-state index contributed by atoms with van der Waals surface area (Å²) in [6, 6.07) is 8.71. The normalized spacial score (nSPS) is 12.1. The van der Waals surface area contributed by atoms with Gasteiger partial charge < -0.3 is 19.9 Å². The molecule has 0 aliphatic carbocycles. The largest absolute Gasteiger partial charge is 0.497 e. The summed E-state index contributed by atoms with van der Waals surface area (Å²) in [6.45, 7) is -0.0338. The maximum absolute atomic E-state index is 12.9. The zero-order chi connectivity index (χ0) is 24.9. The lowest BCUT2D eigenvalue weighted by Crippen LogP contribution is -2.32. The molecule has 0 spiro atoms. The van der Waals surface area contributed by atoms with Gasteiger partial charge in [-0.05, 0) is 29.8 Å². The second-order valence-electron chi connectivity index (χ2n) is 7.33. The molecule has 34 heavy (non-hydrogen) atoms. The highest BCUT2D eigenvalue weighted by Crippen LogP contribution is 2.35. The quantitative estimate of drug-likeness (QED) is 0.355. The molecule has 1 amide bonds. The fraction of sp³-hybridized carbons (Fsp3) is 0.273. The van der Waals surface area contributed by atoms with Crippen molar-refractivity contribution in [1.29, 1.82) is 0 Å². The highest BCUT2D eigenvalue weighted by atomic mass is 19.4. The SMILES string of the molecule is COc1ccc(C(NC(=O)CCNc2ccc(C(F)(F)F)cc2[N+](=O)[O-])c2nccn2C)cc1. The smallest absolute Gasteiger partial charge is 0.416 e. The van der Waals surface area contributed by atoms with Gasteiger partial charge in [0, 0.05) is 38.5 Å². The number of carbonyl (C=O) groups excluding carboxylic acids is 1. The van der Waals surface area contributed by atoms with Crippen molar-refractivity contribution in [2.75, 3.05) is 19.0 Å². The number of nitrogens with one attached hydrogen (secondary N) is 2. The molecule has 3 aromatic rings. The zero-order valence-electron chi connectivity index (χ0n) is 18.3. The Labute approximate surface area is 192 Å². The van der Waals surface area contributed by atoms with Gasteiger partial charge >= 0.3 is 6.18 Å². The summed E-state index contributed by atoms with van der Waals surface area (Å²) in [7, 11) is 3.33. The molecule has 0 radical (unpaired) electrons. The summed E-state index contributed by atoms with van der Waals surface area (Å²) in [4.78, 5) is 27.3. The van der Waals surface area contributed by atoms with E-state index in [-0.39, 0.29) is 24.6 Å². The van der Waals surface area contributed by atoms with Crippen LogP contribution in [0.2, 0.25) is 0 Å². The van der Waals surface area contributed by atoms with E-state index in [0.29, 0.717) is 17.6 Å². The number of methoxy groups -OCH3 is 1. The number of aromatic nitrogens is 2. The third-order valence-electron chi connectivity index (χ3n) is 5.06. The molecule has 0 fully saturated rings. The molecule has 9 nitrogen and oxygen atoms in total. The molecule has 0 saturated carbocycles. The van der Waals surface area contributed by atoms with Crippen molar-refractivity contribution in [3.05, 3.63) is 81.9 Å². The number of anilines is 1. The Morgan fingerprint density at radius 3 is 2.50 bits per heavy atom. The standard InChI is InChI=1S/C22H22F3N5O4/c1-29-12-11-27-21(29)20(14-3-6-16(34-2)7-4-14)28-19(31)9-10-26-17-8-5-15(22(23,24)25)13-18(17)30(32)33/h3-8,11-13,20,26H,9-10H2,1-2H3,(H,28,31). The lowest BCUT2D eigenvalue weighted by molar-refractivity contribution is -0.384. The molecule has 1 atom stereocenters. The number of nitrogens with zero attached hydrogens (tertiary/aromatic N) is 3. The van der Waals surface area contributed by atoms with E-state index in [0.717, 1.165) is 17.7 Å². The molecule has 12 heteroatoms. The average molecular weight is 477 g/mol. The number of halogens is 3. The lowest BCUT2D eigenvalue weighted by atomic mass is 10.1. The van der Waals surface area contributed by atoms with Crippen LogP contribution in [0.1, 0.15) is 29.4 Å². The first-order chi connectivity index (χ1) is 16.1. The summed E-state index contributed by atoms with van der Waals surface area (Å²) in [6.07, 6.45) is -1.45.